The van der Waals surface area contributed by atoms with Crippen molar-refractivity contribution in [2.45, 2.75) is 39.8 Å². The Labute approximate surface area is 110 Å². The van der Waals surface area contributed by atoms with Gasteiger partial charge in [-0.15, -0.1) is 0 Å². The molecule has 102 valence electrons. The Hall–Kier alpha value is -0.870. The molecule has 2 rings (SSSR count). The maximum Gasteiger partial charge on any atom is 0.0948 e. The summed E-state index contributed by atoms with van der Waals surface area (Å²) in [5.74, 6) is 1.53. The maximum atomic E-state index is 6.03. The molecule has 1 saturated heterocycles. The Morgan fingerprint density at radius 2 is 2.06 bits per heavy atom. The van der Waals surface area contributed by atoms with E-state index in [9.17, 15) is 0 Å². The van der Waals surface area contributed by atoms with Crippen molar-refractivity contribution >= 4 is 0 Å². The van der Waals surface area contributed by atoms with Crippen molar-refractivity contribution in [3.05, 3.63) is 18.2 Å². The van der Waals surface area contributed by atoms with Crippen LogP contribution >= 0.6 is 0 Å². The first kappa shape index (κ1) is 13.6. The molecule has 0 radical (unpaired) electrons. The third-order valence-corrected chi connectivity index (χ3v) is 3.99. The quantitative estimate of drug-likeness (QED) is 0.887. The normalized spacial score (nSPS) is 27.3. The molecule has 1 aliphatic heterocycles. The molecule has 0 bridgehead atoms. The molecule has 0 aliphatic carbocycles. The zero-order valence-electron chi connectivity index (χ0n) is 11.8. The van der Waals surface area contributed by atoms with Crippen molar-refractivity contribution in [2.75, 3.05) is 19.6 Å². The zero-order chi connectivity index (χ0) is 13.1. The summed E-state index contributed by atoms with van der Waals surface area (Å²) in [4.78, 5) is 6.82. The molecular weight excluding hydrogens is 224 g/mol. The Morgan fingerprint density at radius 3 is 2.61 bits per heavy atom. The van der Waals surface area contributed by atoms with Gasteiger partial charge in [-0.3, -0.25) is 4.90 Å². The van der Waals surface area contributed by atoms with Gasteiger partial charge in [-0.1, -0.05) is 13.8 Å². The highest BCUT2D eigenvalue weighted by Gasteiger charge is 2.29. The third kappa shape index (κ3) is 2.75. The summed E-state index contributed by atoms with van der Waals surface area (Å²) < 4.78 is 2.21. The van der Waals surface area contributed by atoms with Crippen molar-refractivity contribution in [3.63, 3.8) is 0 Å². The van der Waals surface area contributed by atoms with Crippen molar-refractivity contribution in [3.8, 4) is 0 Å². The first-order valence-corrected chi connectivity index (χ1v) is 7.09. The van der Waals surface area contributed by atoms with Crippen LogP contribution in [0.1, 0.15) is 38.9 Å². The minimum atomic E-state index is 0.317. The minimum absolute atomic E-state index is 0.317. The number of hydrogen-bond acceptors (Lipinski definition) is 3. The van der Waals surface area contributed by atoms with E-state index >= 15 is 0 Å². The Kier molecular flexibility index (Phi) is 4.40. The molecule has 1 aromatic heterocycles. The molecule has 2 N–H and O–H groups in total. The van der Waals surface area contributed by atoms with Gasteiger partial charge in [0.2, 0.25) is 0 Å². The van der Waals surface area contributed by atoms with E-state index in [4.69, 9.17) is 5.73 Å². The van der Waals surface area contributed by atoms with E-state index < -0.39 is 0 Å². The van der Waals surface area contributed by atoms with Crippen molar-refractivity contribution in [1.29, 1.82) is 0 Å². The fourth-order valence-electron chi connectivity index (χ4n) is 3.30. The van der Waals surface area contributed by atoms with Crippen LogP contribution in [-0.2, 0) is 6.54 Å². The van der Waals surface area contributed by atoms with Gasteiger partial charge in [-0.2, -0.15) is 0 Å². The lowest BCUT2D eigenvalue weighted by Gasteiger charge is -2.39. The lowest BCUT2D eigenvalue weighted by Crippen LogP contribution is -2.44. The van der Waals surface area contributed by atoms with Crippen molar-refractivity contribution in [1.82, 2.24) is 14.5 Å². The van der Waals surface area contributed by atoms with Gasteiger partial charge in [0, 0.05) is 32.4 Å². The lowest BCUT2D eigenvalue weighted by atomic mass is 9.90. The van der Waals surface area contributed by atoms with Gasteiger partial charge in [0.15, 0.2) is 0 Å². The summed E-state index contributed by atoms with van der Waals surface area (Å²) >= 11 is 0. The van der Waals surface area contributed by atoms with Crippen LogP contribution in [0.4, 0.5) is 0 Å². The van der Waals surface area contributed by atoms with Crippen molar-refractivity contribution < 1.29 is 0 Å². The second-order valence-electron chi connectivity index (χ2n) is 5.76. The predicted molar refractivity (Wildman–Crippen MR) is 74.2 cm³/mol. The average Bonchev–Trinajstić information content (AvgIpc) is 2.77. The number of aryl methyl sites for hydroxylation is 1. The molecule has 0 saturated carbocycles. The van der Waals surface area contributed by atoms with Gasteiger partial charge >= 0.3 is 0 Å². The van der Waals surface area contributed by atoms with E-state index in [0.717, 1.165) is 31.5 Å². The van der Waals surface area contributed by atoms with E-state index in [1.165, 1.54) is 12.1 Å². The highest BCUT2D eigenvalue weighted by Crippen LogP contribution is 2.28. The monoisotopic (exact) mass is 250 g/mol. The van der Waals surface area contributed by atoms with Crippen LogP contribution in [0, 0.1) is 11.8 Å². The molecule has 2 heterocycles. The van der Waals surface area contributed by atoms with Gasteiger partial charge in [-0.25, -0.2) is 4.98 Å². The highest BCUT2D eigenvalue weighted by atomic mass is 15.2. The molecule has 0 spiro atoms. The number of aromatic nitrogens is 2. The standard InChI is InChI=1S/C14H26N4/c1-4-17-10-16-7-14(17)13(6-15)18-8-11(2)5-12(3)9-18/h7,10-13H,4-6,8-9,15H2,1-3H3. The van der Waals surface area contributed by atoms with Gasteiger partial charge < -0.3 is 10.3 Å². The van der Waals surface area contributed by atoms with Crippen LogP contribution in [-0.4, -0.2) is 34.1 Å². The summed E-state index contributed by atoms with van der Waals surface area (Å²) in [6.07, 6.45) is 5.22. The predicted octanol–water partition coefficient (Wildman–Crippen LogP) is 1.88. The van der Waals surface area contributed by atoms with Gasteiger partial charge in [-0.05, 0) is 25.2 Å². The van der Waals surface area contributed by atoms with Gasteiger partial charge in [0.25, 0.3) is 0 Å². The molecule has 0 amide bonds. The summed E-state index contributed by atoms with van der Waals surface area (Å²) in [6.45, 7) is 10.8. The van der Waals surface area contributed by atoms with E-state index in [-0.39, 0.29) is 0 Å². The van der Waals surface area contributed by atoms with Crippen molar-refractivity contribution in [2.24, 2.45) is 17.6 Å². The molecule has 1 aromatic rings. The minimum Gasteiger partial charge on any atom is -0.333 e. The molecule has 1 aliphatic rings. The fraction of sp³-hybridized carbons (Fsp3) is 0.786. The first-order chi connectivity index (χ1) is 8.65. The van der Waals surface area contributed by atoms with Crippen LogP contribution < -0.4 is 5.73 Å². The van der Waals surface area contributed by atoms with Gasteiger partial charge in [0.1, 0.15) is 0 Å². The summed E-state index contributed by atoms with van der Waals surface area (Å²) in [7, 11) is 0. The topological polar surface area (TPSA) is 47.1 Å². The Morgan fingerprint density at radius 1 is 1.39 bits per heavy atom. The Bertz CT molecular complexity index is 364. The number of rotatable bonds is 4. The van der Waals surface area contributed by atoms with Crippen LogP contribution in [0.2, 0.25) is 0 Å². The van der Waals surface area contributed by atoms with E-state index in [1.807, 2.05) is 12.5 Å². The van der Waals surface area contributed by atoms with Crippen LogP contribution in [0.25, 0.3) is 0 Å². The summed E-state index contributed by atoms with van der Waals surface area (Å²) in [6, 6.07) is 0.317. The SMILES string of the molecule is CCn1cncc1C(CN)N1CC(C)CC(C)C1. The zero-order valence-corrected chi connectivity index (χ0v) is 11.8. The molecule has 4 heteroatoms. The highest BCUT2D eigenvalue weighted by molar-refractivity contribution is 5.07. The number of imidazole rings is 1. The summed E-state index contributed by atoms with van der Waals surface area (Å²) in [5.41, 5.74) is 7.29. The number of hydrogen-bond donors (Lipinski definition) is 1. The molecular formula is C14H26N4. The number of nitrogens with zero attached hydrogens (tertiary/aromatic N) is 3. The lowest BCUT2D eigenvalue weighted by molar-refractivity contribution is 0.0948. The second-order valence-corrected chi connectivity index (χ2v) is 5.76. The largest absolute Gasteiger partial charge is 0.333 e. The number of piperidine rings is 1. The first-order valence-electron chi connectivity index (χ1n) is 7.09. The van der Waals surface area contributed by atoms with Crippen LogP contribution in [0.5, 0.6) is 0 Å². The van der Waals surface area contributed by atoms with E-state index in [1.54, 1.807) is 0 Å². The van der Waals surface area contributed by atoms with E-state index in [2.05, 4.69) is 35.2 Å². The molecule has 18 heavy (non-hydrogen) atoms. The number of likely N-dealkylation sites (tertiary alicyclic amines) is 1. The van der Waals surface area contributed by atoms with Crippen LogP contribution in [0.3, 0.4) is 0 Å². The second kappa shape index (κ2) is 5.85. The molecule has 1 fully saturated rings. The maximum absolute atomic E-state index is 6.03. The molecule has 0 aromatic carbocycles. The smallest absolute Gasteiger partial charge is 0.0948 e. The molecule has 3 atom stereocenters. The Balaban J connectivity index is 2.17. The molecule has 4 nitrogen and oxygen atoms in total. The van der Waals surface area contributed by atoms with Crippen LogP contribution in [0.15, 0.2) is 12.5 Å². The summed E-state index contributed by atoms with van der Waals surface area (Å²) in [5, 5.41) is 0. The fourth-order valence-corrected chi connectivity index (χ4v) is 3.30. The third-order valence-electron chi connectivity index (χ3n) is 3.99. The van der Waals surface area contributed by atoms with Gasteiger partial charge in [0.05, 0.1) is 18.1 Å². The van der Waals surface area contributed by atoms with E-state index in [0.29, 0.717) is 12.6 Å². The average molecular weight is 250 g/mol. The number of nitrogens with two attached hydrogens (primary N) is 1. The molecule has 3 unspecified atom stereocenters.